The van der Waals surface area contributed by atoms with Gasteiger partial charge in [-0.15, -0.1) is 11.3 Å². The Morgan fingerprint density at radius 2 is 2.16 bits per heavy atom. The molecule has 0 radical (unpaired) electrons. The van der Waals surface area contributed by atoms with Crippen LogP contribution in [0.5, 0.6) is 5.75 Å². The van der Waals surface area contributed by atoms with Crippen molar-refractivity contribution in [1.29, 1.82) is 0 Å². The number of nitrogens with one attached hydrogen (secondary N) is 1. The molecule has 0 saturated carbocycles. The molecule has 0 spiro atoms. The number of carbonyl (C=O) groups excluding carboxylic acids is 1. The Bertz CT molecular complexity index is 743. The Morgan fingerprint density at radius 1 is 1.40 bits per heavy atom. The number of rotatable bonds is 6. The van der Waals surface area contributed by atoms with E-state index < -0.39 is 0 Å². The summed E-state index contributed by atoms with van der Waals surface area (Å²) < 4.78 is 13.3. The fourth-order valence-electron chi connectivity index (χ4n) is 3.04. The van der Waals surface area contributed by atoms with Crippen molar-refractivity contribution in [3.63, 3.8) is 0 Å². The average Bonchev–Trinajstić information content (AvgIpc) is 2.98. The number of benzene rings is 1. The highest BCUT2D eigenvalue weighted by molar-refractivity contribution is 9.10. The average molecular weight is 427 g/mol. The molecule has 0 bridgehead atoms. The first-order chi connectivity index (χ1) is 12.1. The topological polar surface area (TPSA) is 50.8 Å². The van der Waals surface area contributed by atoms with Gasteiger partial charge in [0.25, 0.3) is 5.91 Å². The van der Waals surface area contributed by atoms with E-state index in [4.69, 9.17) is 9.47 Å². The molecule has 0 aliphatic carbocycles. The van der Waals surface area contributed by atoms with Crippen LogP contribution in [0.1, 0.15) is 29.9 Å². The molecule has 1 amide bonds. The predicted octanol–water partition coefficient (Wildman–Crippen LogP) is 3.86. The van der Waals surface area contributed by atoms with E-state index in [0.717, 1.165) is 34.1 Å². The first kappa shape index (κ1) is 18.6. The van der Waals surface area contributed by atoms with Gasteiger partial charge in [0.2, 0.25) is 0 Å². The summed E-state index contributed by atoms with van der Waals surface area (Å²) in [6, 6.07) is 6.01. The first-order valence-corrected chi connectivity index (χ1v) is 10.2. The quantitative estimate of drug-likeness (QED) is 0.761. The number of morpholine rings is 1. The maximum atomic E-state index is 13.0. The van der Waals surface area contributed by atoms with Gasteiger partial charge in [-0.05, 0) is 31.5 Å². The number of ether oxygens (including phenoxy) is 2. The lowest BCUT2D eigenvalue weighted by atomic mass is 10.2. The van der Waals surface area contributed by atoms with E-state index in [1.165, 1.54) is 11.3 Å². The summed E-state index contributed by atoms with van der Waals surface area (Å²) in [6.45, 7) is 7.67. The molecule has 1 aliphatic heterocycles. The zero-order valence-corrected chi connectivity index (χ0v) is 16.9. The minimum Gasteiger partial charge on any atom is -0.491 e. The standard InChI is InChI=1S/C18H23BrN2O3S/c1-3-15(21-7-9-23-10-8-21)20-18(22)17-16(24-4-2)13-11-12(19)5-6-14(13)25-17/h5-6,11,15H,3-4,7-10H2,1-2H3,(H,20,22). The second kappa shape index (κ2) is 8.49. The minimum absolute atomic E-state index is 0.0165. The highest BCUT2D eigenvalue weighted by Crippen LogP contribution is 2.39. The Morgan fingerprint density at radius 3 is 2.84 bits per heavy atom. The molecule has 1 unspecified atom stereocenters. The van der Waals surface area contributed by atoms with Gasteiger partial charge >= 0.3 is 0 Å². The van der Waals surface area contributed by atoms with Gasteiger partial charge in [-0.3, -0.25) is 9.69 Å². The van der Waals surface area contributed by atoms with E-state index in [1.807, 2.05) is 25.1 Å². The summed E-state index contributed by atoms with van der Waals surface area (Å²) >= 11 is 4.98. The lowest BCUT2D eigenvalue weighted by molar-refractivity contribution is 0.00829. The normalized spacial score (nSPS) is 16.8. The zero-order valence-electron chi connectivity index (χ0n) is 14.5. The third kappa shape index (κ3) is 4.16. The molecule has 2 aromatic rings. The molecule has 3 rings (SSSR count). The Kier molecular flexibility index (Phi) is 6.33. The maximum Gasteiger partial charge on any atom is 0.266 e. The van der Waals surface area contributed by atoms with E-state index >= 15 is 0 Å². The van der Waals surface area contributed by atoms with Gasteiger partial charge in [-0.25, -0.2) is 0 Å². The van der Waals surface area contributed by atoms with Crippen LogP contribution in [0, 0.1) is 0 Å². The van der Waals surface area contributed by atoms with E-state index in [-0.39, 0.29) is 12.1 Å². The van der Waals surface area contributed by atoms with Crippen molar-refractivity contribution >= 4 is 43.3 Å². The summed E-state index contributed by atoms with van der Waals surface area (Å²) in [6.07, 6.45) is 0.870. The predicted molar refractivity (Wildman–Crippen MR) is 105 cm³/mol. The molecule has 7 heteroatoms. The molecule has 1 aromatic heterocycles. The van der Waals surface area contributed by atoms with Crippen molar-refractivity contribution in [2.75, 3.05) is 32.9 Å². The van der Waals surface area contributed by atoms with Gasteiger partial charge in [0, 0.05) is 27.6 Å². The summed E-state index contributed by atoms with van der Waals surface area (Å²) in [5, 5.41) is 4.15. The molecule has 2 heterocycles. The Hall–Kier alpha value is -1.15. The third-order valence-corrected chi connectivity index (χ3v) is 5.91. The van der Waals surface area contributed by atoms with Crippen molar-refractivity contribution in [2.24, 2.45) is 0 Å². The van der Waals surface area contributed by atoms with Crippen molar-refractivity contribution in [2.45, 2.75) is 26.4 Å². The SMILES string of the molecule is CCOc1c(C(=O)NC(CC)N2CCOCC2)sc2ccc(Br)cc12. The van der Waals surface area contributed by atoms with Gasteiger partial charge in [-0.2, -0.15) is 0 Å². The van der Waals surface area contributed by atoms with Crippen LogP contribution < -0.4 is 10.1 Å². The summed E-state index contributed by atoms with van der Waals surface area (Å²) in [4.78, 5) is 15.9. The molecule has 1 saturated heterocycles. The number of thiophene rings is 1. The second-order valence-corrected chi connectivity index (χ2v) is 7.85. The maximum absolute atomic E-state index is 13.0. The zero-order chi connectivity index (χ0) is 17.8. The van der Waals surface area contributed by atoms with Crippen LogP contribution >= 0.6 is 27.3 Å². The monoisotopic (exact) mass is 426 g/mol. The number of nitrogens with zero attached hydrogens (tertiary/aromatic N) is 1. The number of carbonyl (C=O) groups is 1. The van der Waals surface area contributed by atoms with Crippen LogP contribution in [-0.4, -0.2) is 49.9 Å². The fourth-order valence-corrected chi connectivity index (χ4v) is 4.43. The van der Waals surface area contributed by atoms with Gasteiger partial charge in [0.15, 0.2) is 5.75 Å². The fraction of sp³-hybridized carbons (Fsp3) is 0.500. The number of halogens is 1. The number of hydrogen-bond donors (Lipinski definition) is 1. The molecule has 1 fully saturated rings. The third-order valence-electron chi connectivity index (χ3n) is 4.27. The molecular weight excluding hydrogens is 404 g/mol. The van der Waals surface area contributed by atoms with Crippen molar-refractivity contribution in [3.05, 3.63) is 27.5 Å². The van der Waals surface area contributed by atoms with Crippen molar-refractivity contribution in [1.82, 2.24) is 10.2 Å². The number of amides is 1. The lowest BCUT2D eigenvalue weighted by Gasteiger charge is -2.34. The smallest absolute Gasteiger partial charge is 0.266 e. The van der Waals surface area contributed by atoms with Crippen LogP contribution in [0.3, 0.4) is 0 Å². The van der Waals surface area contributed by atoms with E-state index in [0.29, 0.717) is 30.4 Å². The van der Waals surface area contributed by atoms with Crippen molar-refractivity contribution in [3.8, 4) is 5.75 Å². The van der Waals surface area contributed by atoms with Crippen LogP contribution in [0.25, 0.3) is 10.1 Å². The second-order valence-electron chi connectivity index (χ2n) is 5.88. The molecule has 1 aromatic carbocycles. The van der Waals surface area contributed by atoms with Crippen LogP contribution in [0.4, 0.5) is 0 Å². The first-order valence-electron chi connectivity index (χ1n) is 8.61. The van der Waals surface area contributed by atoms with Crippen molar-refractivity contribution < 1.29 is 14.3 Å². The number of hydrogen-bond acceptors (Lipinski definition) is 5. The highest BCUT2D eigenvalue weighted by atomic mass is 79.9. The summed E-state index contributed by atoms with van der Waals surface area (Å²) in [7, 11) is 0. The van der Waals surface area contributed by atoms with Crippen LogP contribution in [-0.2, 0) is 4.74 Å². The van der Waals surface area contributed by atoms with E-state index in [1.54, 1.807) is 0 Å². The largest absolute Gasteiger partial charge is 0.491 e. The van der Waals surface area contributed by atoms with Crippen LogP contribution in [0.2, 0.25) is 0 Å². The molecule has 136 valence electrons. The molecule has 1 atom stereocenters. The Balaban J connectivity index is 1.86. The van der Waals surface area contributed by atoms with Gasteiger partial charge < -0.3 is 14.8 Å². The van der Waals surface area contributed by atoms with E-state index in [9.17, 15) is 4.79 Å². The summed E-state index contributed by atoms with van der Waals surface area (Å²) in [5.41, 5.74) is 0. The highest BCUT2D eigenvalue weighted by Gasteiger charge is 2.25. The molecule has 25 heavy (non-hydrogen) atoms. The van der Waals surface area contributed by atoms with Gasteiger partial charge in [-0.1, -0.05) is 22.9 Å². The van der Waals surface area contributed by atoms with Gasteiger partial charge in [0.1, 0.15) is 4.88 Å². The van der Waals surface area contributed by atoms with E-state index in [2.05, 4.69) is 33.1 Å². The lowest BCUT2D eigenvalue weighted by Crippen LogP contribution is -2.51. The summed E-state index contributed by atoms with van der Waals surface area (Å²) in [5.74, 6) is 0.609. The molecule has 1 N–H and O–H groups in total. The minimum atomic E-state index is -0.0703. The molecule has 5 nitrogen and oxygen atoms in total. The van der Waals surface area contributed by atoms with Crippen LogP contribution in [0.15, 0.2) is 22.7 Å². The Labute approximate surface area is 160 Å². The molecular formula is C18H23BrN2O3S. The van der Waals surface area contributed by atoms with Gasteiger partial charge in [0.05, 0.1) is 26.0 Å². The number of fused-ring (bicyclic) bond motifs is 1. The molecule has 1 aliphatic rings.